The highest BCUT2D eigenvalue weighted by atomic mass is 32.2. The van der Waals surface area contributed by atoms with Gasteiger partial charge in [-0.15, -0.1) is 16.4 Å². The fourth-order valence-corrected chi connectivity index (χ4v) is 6.70. The molecule has 1 aliphatic heterocycles. The second kappa shape index (κ2) is 8.83. The summed E-state index contributed by atoms with van der Waals surface area (Å²) in [4.78, 5) is 27.3. The summed E-state index contributed by atoms with van der Waals surface area (Å²) in [7, 11) is -2.76. The number of carbonyl (C=O) groups excluding carboxylic acids is 2. The lowest BCUT2D eigenvalue weighted by atomic mass is 10.0. The highest BCUT2D eigenvalue weighted by molar-refractivity contribution is 7.91. The topological polar surface area (TPSA) is 119 Å². The summed E-state index contributed by atoms with van der Waals surface area (Å²) in [6.45, 7) is 0.614. The number of ether oxygens (including phenoxy) is 1. The van der Waals surface area contributed by atoms with Crippen molar-refractivity contribution < 1.29 is 22.7 Å². The number of nitrogens with zero attached hydrogens (tertiary/aromatic N) is 3. The Kier molecular flexibility index (Phi) is 6.14. The molecule has 2 aromatic heterocycles. The predicted molar refractivity (Wildman–Crippen MR) is 114 cm³/mol. The van der Waals surface area contributed by atoms with Crippen LogP contribution in [0.3, 0.4) is 0 Å². The van der Waals surface area contributed by atoms with Gasteiger partial charge in [0, 0.05) is 23.3 Å². The molecule has 162 valence electrons. The molecule has 31 heavy (non-hydrogen) atoms. The van der Waals surface area contributed by atoms with E-state index in [9.17, 15) is 18.0 Å². The monoisotopic (exact) mass is 478 g/mol. The van der Waals surface area contributed by atoms with Crippen LogP contribution in [0.4, 0.5) is 0 Å². The minimum absolute atomic E-state index is 0.0467. The number of methoxy groups -OCH3 is 1. The first-order chi connectivity index (χ1) is 14.9. The van der Waals surface area contributed by atoms with Crippen molar-refractivity contribution in [3.63, 3.8) is 0 Å². The van der Waals surface area contributed by atoms with Gasteiger partial charge in [-0.3, -0.25) is 4.79 Å². The summed E-state index contributed by atoms with van der Waals surface area (Å²) in [5.41, 5.74) is 1.69. The number of carbonyl (C=O) groups is 2. The molecule has 9 nitrogen and oxygen atoms in total. The van der Waals surface area contributed by atoms with Gasteiger partial charge >= 0.3 is 5.97 Å². The lowest BCUT2D eigenvalue weighted by Crippen LogP contribution is -2.36. The summed E-state index contributed by atoms with van der Waals surface area (Å²) in [6.07, 6.45) is 0.341. The maximum atomic E-state index is 13.1. The van der Waals surface area contributed by atoms with E-state index in [1.165, 1.54) is 7.11 Å². The molecule has 0 unspecified atom stereocenters. The Balaban J connectivity index is 1.64. The lowest BCUT2D eigenvalue weighted by molar-refractivity contribution is 0.0595. The van der Waals surface area contributed by atoms with Crippen LogP contribution in [0.1, 0.15) is 36.9 Å². The van der Waals surface area contributed by atoms with E-state index in [0.717, 1.165) is 28.4 Å². The molecule has 1 N–H and O–H groups in total. The summed E-state index contributed by atoms with van der Waals surface area (Å²) >= 11 is 2.07. The Labute approximate surface area is 186 Å². The van der Waals surface area contributed by atoms with Crippen LogP contribution in [0.15, 0.2) is 39.9 Å². The van der Waals surface area contributed by atoms with Crippen molar-refractivity contribution in [3.05, 3.63) is 63.0 Å². The molecule has 1 amide bonds. The van der Waals surface area contributed by atoms with Gasteiger partial charge in [0.1, 0.15) is 4.21 Å². The maximum Gasteiger partial charge on any atom is 0.340 e. The number of fused-ring (bicyclic) bond motifs is 1. The minimum Gasteiger partial charge on any atom is -0.465 e. The van der Waals surface area contributed by atoms with E-state index < -0.39 is 16.0 Å². The number of hydrogen-bond donors (Lipinski definition) is 1. The van der Waals surface area contributed by atoms with E-state index in [2.05, 4.69) is 14.3 Å². The Bertz CT molecular complexity index is 1210. The fraction of sp³-hybridized carbons (Fsp3) is 0.263. The van der Waals surface area contributed by atoms with Crippen LogP contribution in [0.5, 0.6) is 0 Å². The van der Waals surface area contributed by atoms with Gasteiger partial charge in [-0.25, -0.2) is 17.9 Å². The normalized spacial score (nSPS) is 13.6. The second-order valence-corrected chi connectivity index (χ2v) is 10.4. The number of esters is 1. The number of benzene rings is 1. The van der Waals surface area contributed by atoms with E-state index in [0.29, 0.717) is 23.4 Å². The molecule has 0 fully saturated rings. The van der Waals surface area contributed by atoms with Crippen molar-refractivity contribution in [2.45, 2.75) is 23.7 Å². The third-order valence-corrected chi connectivity index (χ3v) is 8.47. The number of amides is 1. The molecule has 1 aromatic carbocycles. The van der Waals surface area contributed by atoms with Gasteiger partial charge in [0.2, 0.25) is 0 Å². The zero-order chi connectivity index (χ0) is 22.0. The molecule has 12 heteroatoms. The van der Waals surface area contributed by atoms with Gasteiger partial charge in [-0.1, -0.05) is 34.8 Å². The molecule has 3 heterocycles. The lowest BCUT2D eigenvalue weighted by Gasteiger charge is -2.26. The van der Waals surface area contributed by atoms with Crippen molar-refractivity contribution in [1.82, 2.24) is 19.2 Å². The SMILES string of the molecule is COC(=O)c1c(S(=O)(=O)NCc2ccccc2)sc2c1CCN(C(=O)c1csnn1)C2. The first-order valence-electron chi connectivity index (χ1n) is 9.23. The molecular weight excluding hydrogens is 460 g/mol. The van der Waals surface area contributed by atoms with E-state index in [-0.39, 0.29) is 34.5 Å². The molecule has 4 rings (SSSR count). The van der Waals surface area contributed by atoms with Crippen LogP contribution >= 0.6 is 22.9 Å². The zero-order valence-corrected chi connectivity index (χ0v) is 18.8. The van der Waals surface area contributed by atoms with Gasteiger partial charge in [-0.2, -0.15) is 0 Å². The van der Waals surface area contributed by atoms with E-state index in [1.807, 2.05) is 18.2 Å². The van der Waals surface area contributed by atoms with E-state index in [4.69, 9.17) is 4.74 Å². The standard InChI is InChI=1S/C19H18N4O5S3/c1-28-18(25)16-13-7-8-23(17(24)14-11-29-22-21-14)10-15(13)30-19(16)31(26,27)20-9-12-5-3-2-4-6-12/h2-6,11,20H,7-10H2,1H3. The van der Waals surface area contributed by atoms with Crippen molar-refractivity contribution in [2.75, 3.05) is 13.7 Å². The van der Waals surface area contributed by atoms with Gasteiger partial charge in [0.15, 0.2) is 5.69 Å². The summed E-state index contributed by atoms with van der Waals surface area (Å²) < 4.78 is 37.2. The van der Waals surface area contributed by atoms with Crippen LogP contribution in [0, 0.1) is 0 Å². The molecule has 3 aromatic rings. The van der Waals surface area contributed by atoms with Crippen molar-refractivity contribution >= 4 is 44.8 Å². The number of hydrogen-bond acceptors (Lipinski definition) is 9. The number of rotatable bonds is 6. The first-order valence-corrected chi connectivity index (χ1v) is 12.4. The fourth-order valence-electron chi connectivity index (χ4n) is 3.31. The summed E-state index contributed by atoms with van der Waals surface area (Å²) in [5.74, 6) is -0.986. The van der Waals surface area contributed by atoms with Crippen LogP contribution in [0.2, 0.25) is 0 Å². The Hall–Kier alpha value is -2.67. The van der Waals surface area contributed by atoms with Crippen LogP contribution < -0.4 is 4.72 Å². The molecule has 0 saturated heterocycles. The third-order valence-electron chi connectivity index (χ3n) is 4.83. The van der Waals surface area contributed by atoms with Gasteiger partial charge in [0.05, 0.1) is 19.2 Å². The smallest absolute Gasteiger partial charge is 0.340 e. The molecule has 0 aliphatic carbocycles. The molecule has 0 atom stereocenters. The van der Waals surface area contributed by atoms with Crippen molar-refractivity contribution in [3.8, 4) is 0 Å². The van der Waals surface area contributed by atoms with Crippen LogP contribution in [0.25, 0.3) is 0 Å². The predicted octanol–water partition coefficient (Wildman–Crippen LogP) is 2.06. The van der Waals surface area contributed by atoms with Crippen molar-refractivity contribution in [1.29, 1.82) is 0 Å². The highest BCUT2D eigenvalue weighted by Gasteiger charge is 2.35. The highest BCUT2D eigenvalue weighted by Crippen LogP contribution is 2.37. The number of nitrogens with one attached hydrogen (secondary N) is 1. The molecule has 1 aliphatic rings. The Morgan fingerprint density at radius 2 is 2.03 bits per heavy atom. The number of aromatic nitrogens is 2. The van der Waals surface area contributed by atoms with Gasteiger partial charge < -0.3 is 9.64 Å². The van der Waals surface area contributed by atoms with Gasteiger partial charge in [0.25, 0.3) is 15.9 Å². The van der Waals surface area contributed by atoms with Crippen molar-refractivity contribution in [2.24, 2.45) is 0 Å². The second-order valence-electron chi connectivity index (χ2n) is 6.73. The number of thiophene rings is 1. The molecule has 0 saturated carbocycles. The molecule has 0 radical (unpaired) electrons. The van der Waals surface area contributed by atoms with E-state index >= 15 is 0 Å². The maximum absolute atomic E-state index is 13.1. The zero-order valence-electron chi connectivity index (χ0n) is 16.4. The minimum atomic E-state index is -3.98. The number of sulfonamides is 1. The average Bonchev–Trinajstić information content (AvgIpc) is 3.45. The molecule has 0 spiro atoms. The quantitative estimate of drug-likeness (QED) is 0.539. The summed E-state index contributed by atoms with van der Waals surface area (Å²) in [6, 6.07) is 9.09. The van der Waals surface area contributed by atoms with Crippen LogP contribution in [-0.4, -0.2) is 48.4 Å². The van der Waals surface area contributed by atoms with Crippen LogP contribution in [-0.2, 0) is 34.3 Å². The Morgan fingerprint density at radius 3 is 2.71 bits per heavy atom. The summed E-state index contributed by atoms with van der Waals surface area (Å²) in [5, 5.41) is 5.37. The Morgan fingerprint density at radius 1 is 1.26 bits per heavy atom. The third kappa shape index (κ3) is 4.37. The largest absolute Gasteiger partial charge is 0.465 e. The molecule has 0 bridgehead atoms. The first kappa shape index (κ1) is 21.6. The average molecular weight is 479 g/mol. The molecular formula is C19H18N4O5S3. The van der Waals surface area contributed by atoms with Gasteiger partial charge in [-0.05, 0) is 29.1 Å². The van der Waals surface area contributed by atoms with E-state index in [1.54, 1.807) is 22.4 Å².